The van der Waals surface area contributed by atoms with Gasteiger partial charge in [0.15, 0.2) is 5.69 Å². The van der Waals surface area contributed by atoms with Crippen molar-refractivity contribution < 1.29 is 4.79 Å². The van der Waals surface area contributed by atoms with Crippen molar-refractivity contribution in [2.75, 3.05) is 5.32 Å². The minimum Gasteiger partial charge on any atom is -0.319 e. The molecule has 1 heterocycles. The number of nitrogens with one attached hydrogen (secondary N) is 1. The molecule has 0 aliphatic carbocycles. The maximum absolute atomic E-state index is 12.0. The molecule has 0 fully saturated rings. The van der Waals surface area contributed by atoms with Gasteiger partial charge in [0.1, 0.15) is 0 Å². The number of nitrogens with zero attached hydrogens (tertiary/aromatic N) is 2. The average Bonchev–Trinajstić information content (AvgIpc) is 2.65. The highest BCUT2D eigenvalue weighted by Crippen LogP contribution is 2.32. The number of carbonyl (C=O) groups excluding carboxylic acids is 1. The second-order valence-corrected chi connectivity index (χ2v) is 5.78. The molecule has 8 heteroatoms. The molecule has 0 saturated carbocycles. The first-order valence-electron chi connectivity index (χ1n) is 5.03. The fourth-order valence-corrected chi connectivity index (χ4v) is 2.56. The second-order valence-electron chi connectivity index (χ2n) is 3.70. The standard InChI is InChI=1S/C11H7BrCl3N3O/c1-18-4-5(12)10(17-18)11(19)16-9-3-7(14)6(13)2-8(9)15/h2-4H,1H3,(H,16,19). The lowest BCUT2D eigenvalue weighted by Crippen LogP contribution is -2.14. The summed E-state index contributed by atoms with van der Waals surface area (Å²) in [4.78, 5) is 12.0. The van der Waals surface area contributed by atoms with E-state index in [1.165, 1.54) is 16.8 Å². The Labute approximate surface area is 132 Å². The summed E-state index contributed by atoms with van der Waals surface area (Å²) in [5.74, 6) is -0.396. The number of hydrogen-bond donors (Lipinski definition) is 1. The van der Waals surface area contributed by atoms with Gasteiger partial charge in [-0.25, -0.2) is 0 Å². The molecule has 100 valence electrons. The number of carbonyl (C=O) groups is 1. The molecule has 2 aromatic rings. The van der Waals surface area contributed by atoms with E-state index in [4.69, 9.17) is 34.8 Å². The molecular weight excluding hydrogens is 376 g/mol. The van der Waals surface area contributed by atoms with E-state index in [0.717, 1.165) is 0 Å². The van der Waals surface area contributed by atoms with Crippen LogP contribution in [0.4, 0.5) is 5.69 Å². The number of benzene rings is 1. The van der Waals surface area contributed by atoms with Crippen molar-refractivity contribution in [1.82, 2.24) is 9.78 Å². The van der Waals surface area contributed by atoms with Gasteiger partial charge in [-0.05, 0) is 28.1 Å². The van der Waals surface area contributed by atoms with Crippen molar-refractivity contribution in [2.45, 2.75) is 0 Å². The summed E-state index contributed by atoms with van der Waals surface area (Å²) >= 11 is 20.9. The quantitative estimate of drug-likeness (QED) is 0.782. The van der Waals surface area contributed by atoms with Crippen LogP contribution in [-0.2, 0) is 7.05 Å². The maximum atomic E-state index is 12.0. The summed E-state index contributed by atoms with van der Waals surface area (Å²) < 4.78 is 2.11. The van der Waals surface area contributed by atoms with Crippen molar-refractivity contribution in [3.8, 4) is 0 Å². The molecule has 19 heavy (non-hydrogen) atoms. The number of amides is 1. The van der Waals surface area contributed by atoms with Crippen LogP contribution in [0.25, 0.3) is 0 Å². The molecule has 0 atom stereocenters. The van der Waals surface area contributed by atoms with Gasteiger partial charge in [0.2, 0.25) is 0 Å². The zero-order valence-electron chi connectivity index (χ0n) is 9.55. The van der Waals surface area contributed by atoms with Crippen LogP contribution < -0.4 is 5.32 Å². The number of halogens is 4. The number of aromatic nitrogens is 2. The molecule has 0 unspecified atom stereocenters. The summed E-state index contributed by atoms with van der Waals surface area (Å²) in [5, 5.41) is 7.59. The van der Waals surface area contributed by atoms with E-state index in [2.05, 4.69) is 26.3 Å². The Hall–Kier alpha value is -0.750. The van der Waals surface area contributed by atoms with Crippen LogP contribution in [0.5, 0.6) is 0 Å². The van der Waals surface area contributed by atoms with Crippen molar-refractivity contribution in [3.05, 3.63) is 43.6 Å². The maximum Gasteiger partial charge on any atom is 0.277 e. The minimum atomic E-state index is -0.396. The summed E-state index contributed by atoms with van der Waals surface area (Å²) in [5.41, 5.74) is 0.628. The molecule has 0 bridgehead atoms. The smallest absolute Gasteiger partial charge is 0.277 e. The van der Waals surface area contributed by atoms with Gasteiger partial charge in [-0.15, -0.1) is 0 Å². The second kappa shape index (κ2) is 5.71. The Morgan fingerprint density at radius 1 is 1.26 bits per heavy atom. The number of hydrogen-bond acceptors (Lipinski definition) is 2. The van der Waals surface area contributed by atoms with Crippen molar-refractivity contribution in [3.63, 3.8) is 0 Å². The van der Waals surface area contributed by atoms with E-state index in [-0.39, 0.29) is 5.69 Å². The van der Waals surface area contributed by atoms with Gasteiger partial charge < -0.3 is 5.32 Å². The normalized spacial score (nSPS) is 10.6. The molecule has 1 amide bonds. The Kier molecular flexibility index (Phi) is 4.40. The van der Waals surface area contributed by atoms with Gasteiger partial charge in [0.25, 0.3) is 5.91 Å². The van der Waals surface area contributed by atoms with Crippen LogP contribution in [0.2, 0.25) is 15.1 Å². The molecule has 1 aromatic heterocycles. The van der Waals surface area contributed by atoms with Gasteiger partial charge >= 0.3 is 0 Å². The van der Waals surface area contributed by atoms with Crippen LogP contribution in [0, 0.1) is 0 Å². The molecule has 1 N–H and O–H groups in total. The number of rotatable bonds is 2. The third kappa shape index (κ3) is 3.23. The lowest BCUT2D eigenvalue weighted by Gasteiger charge is -2.07. The molecule has 0 spiro atoms. The number of anilines is 1. The molecule has 0 saturated heterocycles. The summed E-state index contributed by atoms with van der Waals surface area (Å²) in [6, 6.07) is 2.95. The fourth-order valence-electron chi connectivity index (χ4n) is 1.41. The topological polar surface area (TPSA) is 46.9 Å². The van der Waals surface area contributed by atoms with E-state index in [1.807, 2.05) is 0 Å². The van der Waals surface area contributed by atoms with Gasteiger partial charge in [-0.3, -0.25) is 9.48 Å². The summed E-state index contributed by atoms with van der Waals surface area (Å²) in [6.07, 6.45) is 1.67. The Bertz CT molecular complexity index is 657. The third-order valence-electron chi connectivity index (χ3n) is 2.26. The first-order chi connectivity index (χ1) is 8.88. The van der Waals surface area contributed by atoms with Crippen LogP contribution in [-0.4, -0.2) is 15.7 Å². The molecule has 0 aliphatic rings. The Balaban J connectivity index is 2.29. The van der Waals surface area contributed by atoms with Crippen molar-refractivity contribution >= 4 is 62.3 Å². The van der Waals surface area contributed by atoms with Gasteiger partial charge in [0.05, 0.1) is 25.2 Å². The SMILES string of the molecule is Cn1cc(Br)c(C(=O)Nc2cc(Cl)c(Cl)cc2Cl)n1. The molecular formula is C11H7BrCl3N3O. The summed E-state index contributed by atoms with van der Waals surface area (Å²) in [7, 11) is 1.72. The lowest BCUT2D eigenvalue weighted by molar-refractivity contribution is 0.102. The Morgan fingerprint density at radius 2 is 1.89 bits per heavy atom. The molecule has 2 rings (SSSR count). The van der Waals surface area contributed by atoms with Crippen LogP contribution in [0.15, 0.2) is 22.8 Å². The zero-order valence-corrected chi connectivity index (χ0v) is 13.4. The number of aryl methyl sites for hydroxylation is 1. The predicted octanol–water partition coefficient (Wildman–Crippen LogP) is 4.40. The highest BCUT2D eigenvalue weighted by atomic mass is 79.9. The van der Waals surface area contributed by atoms with Crippen molar-refractivity contribution in [1.29, 1.82) is 0 Å². The zero-order chi connectivity index (χ0) is 14.2. The van der Waals surface area contributed by atoms with E-state index in [0.29, 0.717) is 25.2 Å². The van der Waals surface area contributed by atoms with E-state index in [9.17, 15) is 4.79 Å². The van der Waals surface area contributed by atoms with Crippen LogP contribution in [0.1, 0.15) is 10.5 Å². The monoisotopic (exact) mass is 381 g/mol. The molecule has 1 aromatic carbocycles. The van der Waals surface area contributed by atoms with Gasteiger partial charge in [0, 0.05) is 13.2 Å². The molecule has 0 radical (unpaired) electrons. The third-order valence-corrected chi connectivity index (χ3v) is 3.87. The lowest BCUT2D eigenvalue weighted by atomic mass is 10.3. The molecule has 0 aliphatic heterocycles. The first kappa shape index (κ1) is 14.7. The first-order valence-corrected chi connectivity index (χ1v) is 6.96. The largest absolute Gasteiger partial charge is 0.319 e. The van der Waals surface area contributed by atoms with E-state index in [1.54, 1.807) is 13.2 Å². The van der Waals surface area contributed by atoms with E-state index < -0.39 is 5.91 Å². The van der Waals surface area contributed by atoms with Crippen LogP contribution in [0.3, 0.4) is 0 Å². The van der Waals surface area contributed by atoms with Crippen molar-refractivity contribution in [2.24, 2.45) is 7.05 Å². The highest BCUT2D eigenvalue weighted by Gasteiger charge is 2.16. The highest BCUT2D eigenvalue weighted by molar-refractivity contribution is 9.10. The minimum absolute atomic E-state index is 0.254. The Morgan fingerprint density at radius 3 is 2.47 bits per heavy atom. The van der Waals surface area contributed by atoms with Gasteiger partial charge in [-0.2, -0.15) is 5.10 Å². The predicted molar refractivity (Wildman–Crippen MR) is 80.3 cm³/mol. The summed E-state index contributed by atoms with van der Waals surface area (Å²) in [6.45, 7) is 0. The fraction of sp³-hybridized carbons (Fsp3) is 0.0909. The van der Waals surface area contributed by atoms with Crippen LogP contribution >= 0.6 is 50.7 Å². The average molecular weight is 383 g/mol. The van der Waals surface area contributed by atoms with Gasteiger partial charge in [-0.1, -0.05) is 34.8 Å². The molecule has 4 nitrogen and oxygen atoms in total. The van der Waals surface area contributed by atoms with E-state index >= 15 is 0 Å².